The fraction of sp³-hybridized carbons (Fsp3) is 0.462. The predicted octanol–water partition coefficient (Wildman–Crippen LogP) is 6.56. The van der Waals surface area contributed by atoms with Gasteiger partial charge in [-0.2, -0.15) is 5.10 Å². The van der Waals surface area contributed by atoms with Crippen LogP contribution >= 0.6 is 0 Å². The van der Waals surface area contributed by atoms with Gasteiger partial charge < -0.3 is 4.74 Å². The maximum absolute atomic E-state index is 12.2. The van der Waals surface area contributed by atoms with Gasteiger partial charge in [-0.15, -0.1) is 0 Å². The number of nitrogens with zero attached hydrogens (tertiary/aromatic N) is 1. The molecule has 0 saturated heterocycles. The van der Waals surface area contributed by atoms with Crippen LogP contribution in [0.25, 0.3) is 0 Å². The molecule has 0 aliphatic heterocycles. The fourth-order valence-electron chi connectivity index (χ4n) is 2.95. The molecule has 1 amide bonds. The second kappa shape index (κ2) is 8.63. The van der Waals surface area contributed by atoms with Crippen molar-refractivity contribution in [3.8, 4) is 0 Å². The molecule has 0 saturated carbocycles. The lowest BCUT2D eigenvalue weighted by atomic mass is 9.85. The Morgan fingerprint density at radius 2 is 1.07 bits per heavy atom. The molecule has 2 aromatic rings. The van der Waals surface area contributed by atoms with Gasteiger partial charge >= 0.3 is 6.09 Å². The molecule has 2 rings (SSSR count). The summed E-state index contributed by atoms with van der Waals surface area (Å²) in [7, 11) is 0. The molecule has 162 valence electrons. The normalized spacial score (nSPS) is 12.3. The molecule has 0 spiro atoms. The Morgan fingerprint density at radius 1 is 0.700 bits per heavy atom. The van der Waals surface area contributed by atoms with Crippen molar-refractivity contribution in [2.75, 3.05) is 0 Å². The Bertz CT molecular complexity index is 829. The van der Waals surface area contributed by atoms with Crippen molar-refractivity contribution >= 4 is 11.8 Å². The molecule has 0 unspecified atom stereocenters. The quantitative estimate of drug-likeness (QED) is 0.462. The van der Waals surface area contributed by atoms with Crippen LogP contribution in [0.3, 0.4) is 0 Å². The molecular weight excluding hydrogens is 372 g/mol. The third kappa shape index (κ3) is 6.72. The average Bonchev–Trinajstić information content (AvgIpc) is 2.60. The lowest BCUT2D eigenvalue weighted by Gasteiger charge is -2.21. The number of rotatable bonds is 3. The molecule has 0 heterocycles. The van der Waals surface area contributed by atoms with Gasteiger partial charge in [0, 0.05) is 11.1 Å². The Hall–Kier alpha value is -2.62. The van der Waals surface area contributed by atoms with E-state index in [-0.39, 0.29) is 10.8 Å². The highest BCUT2D eigenvalue weighted by Gasteiger charge is 2.18. The highest BCUT2D eigenvalue weighted by molar-refractivity contribution is 6.13. The maximum atomic E-state index is 12.2. The van der Waals surface area contributed by atoms with Gasteiger partial charge in [0.25, 0.3) is 0 Å². The number of hydrogen-bond donors (Lipinski definition) is 1. The molecule has 0 radical (unpaired) electrons. The molecule has 0 bridgehead atoms. The lowest BCUT2D eigenvalue weighted by Crippen LogP contribution is -2.30. The molecule has 2 aromatic carbocycles. The van der Waals surface area contributed by atoms with Gasteiger partial charge in [-0.25, -0.2) is 10.2 Å². The molecule has 30 heavy (non-hydrogen) atoms. The third-order valence-corrected chi connectivity index (χ3v) is 4.71. The number of carbonyl (C=O) groups is 1. The maximum Gasteiger partial charge on any atom is 0.428 e. The first-order chi connectivity index (χ1) is 13.7. The highest BCUT2D eigenvalue weighted by atomic mass is 16.6. The van der Waals surface area contributed by atoms with Gasteiger partial charge in [-0.3, -0.25) is 0 Å². The van der Waals surface area contributed by atoms with E-state index in [1.54, 1.807) is 0 Å². The number of nitrogens with one attached hydrogen (secondary N) is 1. The van der Waals surface area contributed by atoms with Crippen molar-refractivity contribution in [1.82, 2.24) is 5.43 Å². The monoisotopic (exact) mass is 408 g/mol. The van der Waals surface area contributed by atoms with Crippen LogP contribution in [0.15, 0.2) is 53.6 Å². The molecule has 1 N–H and O–H groups in total. The van der Waals surface area contributed by atoms with E-state index in [0.29, 0.717) is 5.71 Å². The first kappa shape index (κ1) is 23.7. The van der Waals surface area contributed by atoms with E-state index in [9.17, 15) is 4.79 Å². The summed E-state index contributed by atoms with van der Waals surface area (Å²) in [5.74, 6) is 0. The summed E-state index contributed by atoms with van der Waals surface area (Å²) in [4.78, 5) is 12.2. The molecule has 0 aliphatic rings. The Balaban J connectivity index is 2.42. The Morgan fingerprint density at radius 3 is 1.37 bits per heavy atom. The van der Waals surface area contributed by atoms with Gasteiger partial charge in [0.1, 0.15) is 5.60 Å². The molecule has 0 aromatic heterocycles. The van der Waals surface area contributed by atoms with Crippen LogP contribution in [0.5, 0.6) is 0 Å². The lowest BCUT2D eigenvalue weighted by molar-refractivity contribution is 0.0529. The summed E-state index contributed by atoms with van der Waals surface area (Å²) in [6, 6.07) is 16.6. The molecule has 0 fully saturated rings. The van der Waals surface area contributed by atoms with E-state index in [4.69, 9.17) is 4.74 Å². The van der Waals surface area contributed by atoms with E-state index in [0.717, 1.165) is 11.1 Å². The van der Waals surface area contributed by atoms with Crippen molar-refractivity contribution in [3.05, 3.63) is 70.8 Å². The zero-order valence-electron chi connectivity index (χ0n) is 19.9. The van der Waals surface area contributed by atoms with Gasteiger partial charge in [0.15, 0.2) is 0 Å². The van der Waals surface area contributed by atoms with Gasteiger partial charge in [-0.1, -0.05) is 90.1 Å². The first-order valence-electron chi connectivity index (χ1n) is 10.5. The van der Waals surface area contributed by atoms with Gasteiger partial charge in [0.2, 0.25) is 0 Å². The number of amides is 1. The van der Waals surface area contributed by atoms with Crippen molar-refractivity contribution < 1.29 is 9.53 Å². The zero-order valence-corrected chi connectivity index (χ0v) is 19.9. The summed E-state index contributed by atoms with van der Waals surface area (Å²) >= 11 is 0. The largest absolute Gasteiger partial charge is 0.443 e. The van der Waals surface area contributed by atoms with Crippen LogP contribution in [0.2, 0.25) is 0 Å². The summed E-state index contributed by atoms with van der Waals surface area (Å²) < 4.78 is 5.33. The van der Waals surface area contributed by atoms with E-state index in [2.05, 4.69) is 76.3 Å². The zero-order chi connectivity index (χ0) is 22.7. The Labute approximate surface area is 181 Å². The van der Waals surface area contributed by atoms with E-state index in [1.165, 1.54) is 11.1 Å². The predicted molar refractivity (Wildman–Crippen MR) is 125 cm³/mol. The van der Waals surface area contributed by atoms with Gasteiger partial charge in [-0.05, 0) is 42.7 Å². The Kier molecular flexibility index (Phi) is 6.80. The van der Waals surface area contributed by atoms with E-state index < -0.39 is 11.7 Å². The second-order valence-corrected chi connectivity index (χ2v) is 10.7. The smallest absolute Gasteiger partial charge is 0.428 e. The van der Waals surface area contributed by atoms with Crippen molar-refractivity contribution in [2.24, 2.45) is 5.10 Å². The van der Waals surface area contributed by atoms with Crippen LogP contribution < -0.4 is 5.43 Å². The summed E-state index contributed by atoms with van der Waals surface area (Å²) in [5, 5.41) is 4.42. The number of ether oxygens (including phenoxy) is 1. The van der Waals surface area contributed by atoms with E-state index in [1.807, 2.05) is 45.0 Å². The number of hydrazone groups is 1. The molecular formula is C26H36N2O2. The number of benzene rings is 2. The number of hydrogen-bond acceptors (Lipinski definition) is 3. The number of carbonyl (C=O) groups excluding carboxylic acids is 1. The minimum Gasteiger partial charge on any atom is -0.443 e. The SMILES string of the molecule is CC(C)(C)OC(=O)NN=C(c1ccc(C(C)(C)C)cc1)c1ccc(C(C)(C)C)cc1. The van der Waals surface area contributed by atoms with Crippen molar-refractivity contribution in [1.29, 1.82) is 0 Å². The molecule has 4 nitrogen and oxygen atoms in total. The average molecular weight is 409 g/mol. The molecule has 0 aliphatic carbocycles. The molecule has 0 atom stereocenters. The van der Waals surface area contributed by atoms with E-state index >= 15 is 0 Å². The van der Waals surface area contributed by atoms with Crippen molar-refractivity contribution in [3.63, 3.8) is 0 Å². The van der Waals surface area contributed by atoms with Crippen LogP contribution in [0.4, 0.5) is 4.79 Å². The summed E-state index contributed by atoms with van der Waals surface area (Å²) in [5.41, 5.74) is 7.16. The topological polar surface area (TPSA) is 50.7 Å². The summed E-state index contributed by atoms with van der Waals surface area (Å²) in [6.07, 6.45) is -0.572. The fourth-order valence-corrected chi connectivity index (χ4v) is 2.95. The third-order valence-electron chi connectivity index (χ3n) is 4.71. The minimum absolute atomic E-state index is 0.0684. The molecule has 4 heteroatoms. The standard InChI is InChI=1S/C26H36N2O2/c1-24(2,3)20-14-10-18(11-15-20)22(27-28-23(29)30-26(7,8)9)19-12-16-21(17-13-19)25(4,5)6/h10-17H,1-9H3,(H,28,29). The van der Waals surface area contributed by atoms with Gasteiger partial charge in [0.05, 0.1) is 5.71 Å². The highest BCUT2D eigenvalue weighted by Crippen LogP contribution is 2.25. The van der Waals surface area contributed by atoms with Crippen LogP contribution in [-0.2, 0) is 15.6 Å². The summed E-state index contributed by atoms with van der Waals surface area (Å²) in [6.45, 7) is 18.6. The van der Waals surface area contributed by atoms with Crippen LogP contribution in [-0.4, -0.2) is 17.4 Å². The van der Waals surface area contributed by atoms with Crippen LogP contribution in [0, 0.1) is 0 Å². The second-order valence-electron chi connectivity index (χ2n) is 10.7. The van der Waals surface area contributed by atoms with Crippen molar-refractivity contribution in [2.45, 2.75) is 78.7 Å². The van der Waals surface area contributed by atoms with Crippen LogP contribution in [0.1, 0.15) is 84.6 Å². The minimum atomic E-state index is -0.581. The first-order valence-corrected chi connectivity index (χ1v) is 10.5.